The number of aromatic nitrogens is 3. The van der Waals surface area contributed by atoms with Crippen LogP contribution in [0.4, 0.5) is 0 Å². The number of likely N-dealkylation sites (N-methyl/N-ethyl adjacent to an activating group) is 1. The number of amides is 1. The van der Waals surface area contributed by atoms with E-state index in [0.717, 1.165) is 5.56 Å². The smallest absolute Gasteiger partial charge is 0.244 e. The van der Waals surface area contributed by atoms with E-state index < -0.39 is 16.1 Å². The maximum Gasteiger partial charge on any atom is 0.244 e. The lowest BCUT2D eigenvalue weighted by Gasteiger charge is -2.35. The summed E-state index contributed by atoms with van der Waals surface area (Å²) in [7, 11) is -0.0666. The average Bonchev–Trinajstić information content (AvgIpc) is 3.09. The first-order valence-corrected chi connectivity index (χ1v) is 9.72. The number of aryl methyl sites for hydroxylation is 1. The predicted octanol–water partition coefficient (Wildman–Crippen LogP) is 0.452. The van der Waals surface area contributed by atoms with E-state index in [1.54, 1.807) is 42.1 Å². The van der Waals surface area contributed by atoms with E-state index in [9.17, 15) is 13.2 Å². The second-order valence-electron chi connectivity index (χ2n) is 6.09. The number of pyridine rings is 1. The van der Waals surface area contributed by atoms with E-state index in [-0.39, 0.29) is 48.7 Å². The van der Waals surface area contributed by atoms with Crippen LogP contribution in [0.25, 0.3) is 0 Å². The minimum atomic E-state index is -3.58. The molecule has 12 heteroatoms. The summed E-state index contributed by atoms with van der Waals surface area (Å²) >= 11 is 0. The summed E-state index contributed by atoms with van der Waals surface area (Å²) in [5.41, 5.74) is 0.783. The molecule has 0 saturated carbocycles. The molecule has 1 aliphatic rings. The fraction of sp³-hybridized carbons (Fsp3) is 0.438. The van der Waals surface area contributed by atoms with Gasteiger partial charge in [0.1, 0.15) is 10.9 Å². The molecule has 3 heterocycles. The lowest BCUT2D eigenvalue weighted by molar-refractivity contribution is -0.134. The van der Waals surface area contributed by atoms with E-state index in [2.05, 4.69) is 15.4 Å². The number of nitrogens with one attached hydrogen (secondary N) is 1. The van der Waals surface area contributed by atoms with Gasteiger partial charge in [0.05, 0.1) is 6.20 Å². The van der Waals surface area contributed by atoms with Crippen molar-refractivity contribution in [1.29, 1.82) is 0 Å². The fourth-order valence-electron chi connectivity index (χ4n) is 3.00. The Morgan fingerprint density at radius 3 is 2.36 bits per heavy atom. The molecule has 28 heavy (non-hydrogen) atoms. The third-order valence-electron chi connectivity index (χ3n) is 4.42. The van der Waals surface area contributed by atoms with Crippen molar-refractivity contribution < 1.29 is 13.2 Å². The van der Waals surface area contributed by atoms with Gasteiger partial charge < -0.3 is 10.2 Å². The Morgan fingerprint density at radius 1 is 1.18 bits per heavy atom. The molecule has 0 bridgehead atoms. The normalized spacial score (nSPS) is 16.0. The molecule has 0 radical (unpaired) electrons. The van der Waals surface area contributed by atoms with Crippen LogP contribution in [0.1, 0.15) is 11.6 Å². The quantitative estimate of drug-likeness (QED) is 0.709. The molecule has 3 rings (SSSR count). The molecule has 0 spiro atoms. The summed E-state index contributed by atoms with van der Waals surface area (Å²) in [4.78, 5) is 18.5. The molecule has 2 aromatic heterocycles. The molecule has 0 aliphatic carbocycles. The molecule has 1 N–H and O–H groups in total. The minimum absolute atomic E-state index is 0. The number of carbonyl (C=O) groups excluding carboxylic acids is 1. The van der Waals surface area contributed by atoms with Gasteiger partial charge in [0.15, 0.2) is 0 Å². The minimum Gasteiger partial charge on any atom is -0.338 e. The zero-order valence-corrected chi connectivity index (χ0v) is 18.0. The molecular formula is C16H24Cl2N6O3S. The maximum absolute atomic E-state index is 12.8. The molecule has 1 fully saturated rings. The van der Waals surface area contributed by atoms with E-state index in [1.807, 2.05) is 0 Å². The van der Waals surface area contributed by atoms with Crippen molar-refractivity contribution in [2.24, 2.45) is 7.05 Å². The number of halogens is 2. The Bertz CT molecular complexity index is 870. The van der Waals surface area contributed by atoms with Crippen LogP contribution in [-0.4, -0.2) is 71.5 Å². The van der Waals surface area contributed by atoms with Crippen molar-refractivity contribution in [2.75, 3.05) is 33.2 Å². The molecule has 9 nitrogen and oxygen atoms in total. The van der Waals surface area contributed by atoms with Crippen LogP contribution in [0.3, 0.4) is 0 Å². The Kier molecular flexibility index (Phi) is 8.83. The molecular weight excluding hydrogens is 427 g/mol. The standard InChI is InChI=1S/C16H22N6O3S.2ClH/c1-17-15(13-10-19-20(2)12-13)16(23)21-6-8-22(9-7-21)26(24,25)14-4-3-5-18-11-14;;/h3-5,10-12,15,17H,6-9H2,1-2H3;2*1H. The van der Waals surface area contributed by atoms with Gasteiger partial charge in [-0.3, -0.25) is 14.5 Å². The monoisotopic (exact) mass is 450 g/mol. The Morgan fingerprint density at radius 2 is 1.86 bits per heavy atom. The van der Waals surface area contributed by atoms with Crippen LogP contribution in [0.15, 0.2) is 41.8 Å². The molecule has 2 aromatic rings. The van der Waals surface area contributed by atoms with Crippen LogP contribution in [0, 0.1) is 0 Å². The van der Waals surface area contributed by atoms with Gasteiger partial charge >= 0.3 is 0 Å². The second-order valence-corrected chi connectivity index (χ2v) is 8.03. The molecule has 1 unspecified atom stereocenters. The third kappa shape index (κ3) is 5.00. The molecule has 1 saturated heterocycles. The van der Waals surface area contributed by atoms with Crippen LogP contribution >= 0.6 is 24.8 Å². The summed E-state index contributed by atoms with van der Waals surface area (Å²) in [5.74, 6) is -0.0843. The third-order valence-corrected chi connectivity index (χ3v) is 6.30. The molecule has 1 atom stereocenters. The molecule has 1 aliphatic heterocycles. The van der Waals surface area contributed by atoms with Crippen molar-refractivity contribution in [3.8, 4) is 0 Å². The van der Waals surface area contributed by atoms with Crippen molar-refractivity contribution in [2.45, 2.75) is 10.9 Å². The zero-order valence-electron chi connectivity index (χ0n) is 15.6. The highest BCUT2D eigenvalue weighted by molar-refractivity contribution is 7.89. The largest absolute Gasteiger partial charge is 0.338 e. The second kappa shape index (κ2) is 10.2. The van der Waals surface area contributed by atoms with Crippen LogP contribution < -0.4 is 5.32 Å². The number of hydrogen-bond donors (Lipinski definition) is 1. The van der Waals surface area contributed by atoms with Crippen molar-refractivity contribution in [3.05, 3.63) is 42.5 Å². The van der Waals surface area contributed by atoms with Gasteiger partial charge in [0.2, 0.25) is 15.9 Å². The molecule has 1 amide bonds. The first-order chi connectivity index (χ1) is 12.4. The molecule has 0 aromatic carbocycles. The Hall–Kier alpha value is -1.72. The number of nitrogens with zero attached hydrogens (tertiary/aromatic N) is 5. The van der Waals surface area contributed by atoms with Crippen molar-refractivity contribution in [1.82, 2.24) is 29.3 Å². The van der Waals surface area contributed by atoms with Crippen molar-refractivity contribution >= 4 is 40.7 Å². The maximum atomic E-state index is 12.8. The van der Waals surface area contributed by atoms with Gasteiger partial charge in [0.25, 0.3) is 0 Å². The zero-order chi connectivity index (χ0) is 18.7. The van der Waals surface area contributed by atoms with Crippen LogP contribution in [-0.2, 0) is 21.9 Å². The van der Waals surface area contributed by atoms with Gasteiger partial charge in [0, 0.05) is 57.4 Å². The highest BCUT2D eigenvalue weighted by Crippen LogP contribution is 2.19. The Labute approximate surface area is 177 Å². The summed E-state index contributed by atoms with van der Waals surface area (Å²) in [6.45, 7) is 1.20. The van der Waals surface area contributed by atoms with Crippen molar-refractivity contribution in [3.63, 3.8) is 0 Å². The Balaban J connectivity index is 0.00000196. The van der Waals surface area contributed by atoms with Gasteiger partial charge in [-0.25, -0.2) is 8.42 Å². The lowest BCUT2D eigenvalue weighted by atomic mass is 10.1. The van der Waals surface area contributed by atoms with Gasteiger partial charge in [-0.15, -0.1) is 24.8 Å². The highest BCUT2D eigenvalue weighted by atomic mass is 35.5. The predicted molar refractivity (Wildman–Crippen MR) is 109 cm³/mol. The summed E-state index contributed by atoms with van der Waals surface area (Å²) in [6.07, 6.45) is 6.32. The van der Waals surface area contributed by atoms with Crippen LogP contribution in [0.2, 0.25) is 0 Å². The highest BCUT2D eigenvalue weighted by Gasteiger charge is 2.33. The average molecular weight is 451 g/mol. The summed E-state index contributed by atoms with van der Waals surface area (Å²) < 4.78 is 28.3. The first-order valence-electron chi connectivity index (χ1n) is 8.28. The van der Waals surface area contributed by atoms with E-state index in [4.69, 9.17) is 0 Å². The summed E-state index contributed by atoms with van der Waals surface area (Å²) in [6, 6.07) is 2.63. The number of carbonyl (C=O) groups is 1. The first kappa shape index (κ1) is 24.3. The number of hydrogen-bond acceptors (Lipinski definition) is 6. The lowest BCUT2D eigenvalue weighted by Crippen LogP contribution is -2.52. The fourth-order valence-corrected chi connectivity index (χ4v) is 4.39. The van der Waals surface area contributed by atoms with E-state index in [1.165, 1.54) is 22.8 Å². The topological polar surface area (TPSA) is 100 Å². The van der Waals surface area contributed by atoms with Crippen LogP contribution in [0.5, 0.6) is 0 Å². The SMILES string of the molecule is CNC(C(=O)N1CCN(S(=O)(=O)c2cccnc2)CC1)c1cnn(C)c1.Cl.Cl. The van der Waals surface area contributed by atoms with Gasteiger partial charge in [-0.1, -0.05) is 0 Å². The number of piperazine rings is 1. The van der Waals surface area contributed by atoms with E-state index in [0.29, 0.717) is 13.1 Å². The van der Waals surface area contributed by atoms with E-state index >= 15 is 0 Å². The van der Waals surface area contributed by atoms with Gasteiger partial charge in [-0.05, 0) is 19.2 Å². The number of sulfonamides is 1. The molecule has 156 valence electrons. The summed E-state index contributed by atoms with van der Waals surface area (Å²) in [5, 5.41) is 7.11. The number of rotatable bonds is 5. The van der Waals surface area contributed by atoms with Gasteiger partial charge in [-0.2, -0.15) is 9.40 Å².